The van der Waals surface area contributed by atoms with E-state index in [1.807, 2.05) is 31.2 Å². The molecule has 0 bridgehead atoms. The maximum Gasteiger partial charge on any atom is 0.326 e. The molecule has 0 fully saturated rings. The van der Waals surface area contributed by atoms with Crippen molar-refractivity contribution in [2.75, 3.05) is 13.2 Å². The van der Waals surface area contributed by atoms with Crippen molar-refractivity contribution in [1.82, 2.24) is 4.57 Å². The minimum absolute atomic E-state index is 0.0859. The van der Waals surface area contributed by atoms with E-state index in [-0.39, 0.29) is 13.2 Å². The Balaban J connectivity index is 2.13. The minimum atomic E-state index is -0.461. The van der Waals surface area contributed by atoms with Crippen LogP contribution >= 0.6 is 11.3 Å². The van der Waals surface area contributed by atoms with Crippen LogP contribution in [0.1, 0.15) is 29.8 Å². The van der Waals surface area contributed by atoms with Crippen molar-refractivity contribution in [2.45, 2.75) is 20.4 Å². The van der Waals surface area contributed by atoms with E-state index < -0.39 is 11.9 Å². The topological polar surface area (TPSA) is 93.7 Å². The number of esters is 1. The predicted molar refractivity (Wildman–Crippen MR) is 109 cm³/mol. The number of rotatable bonds is 6. The van der Waals surface area contributed by atoms with Crippen molar-refractivity contribution in [2.24, 2.45) is 4.99 Å². The number of hydrogen-bond donors (Lipinski definition) is 0. The Hall–Kier alpha value is -3.44. The number of nitrogens with zero attached hydrogens (tertiary/aromatic N) is 3. The Morgan fingerprint density at radius 2 is 1.90 bits per heavy atom. The minimum Gasteiger partial charge on any atom is -0.492 e. The molecule has 8 heteroatoms. The summed E-state index contributed by atoms with van der Waals surface area (Å²) in [7, 11) is 0. The zero-order chi connectivity index (χ0) is 20.8. The molecule has 0 N–H and O–H groups in total. The van der Waals surface area contributed by atoms with Crippen LogP contribution in [0.5, 0.6) is 5.75 Å². The lowest BCUT2D eigenvalue weighted by Crippen LogP contribution is -2.23. The van der Waals surface area contributed by atoms with Gasteiger partial charge in [0.2, 0.25) is 0 Å². The van der Waals surface area contributed by atoms with E-state index in [0.29, 0.717) is 33.8 Å². The summed E-state index contributed by atoms with van der Waals surface area (Å²) in [4.78, 5) is 29.4. The molecule has 0 aliphatic heterocycles. The van der Waals surface area contributed by atoms with Gasteiger partial charge in [0.15, 0.2) is 4.80 Å². The second-order valence-corrected chi connectivity index (χ2v) is 6.93. The fraction of sp³-hybridized carbons (Fsp3) is 0.238. The highest BCUT2D eigenvalue weighted by atomic mass is 32.1. The summed E-state index contributed by atoms with van der Waals surface area (Å²) in [6, 6.07) is 13.8. The van der Waals surface area contributed by atoms with Crippen molar-refractivity contribution in [3.8, 4) is 11.8 Å². The van der Waals surface area contributed by atoms with Crippen LogP contribution in [0.25, 0.3) is 10.2 Å². The van der Waals surface area contributed by atoms with Crippen LogP contribution < -0.4 is 9.54 Å². The van der Waals surface area contributed by atoms with Crippen LogP contribution in [-0.2, 0) is 16.1 Å². The van der Waals surface area contributed by atoms with Gasteiger partial charge in [0.05, 0.1) is 29.5 Å². The first-order valence-electron chi connectivity index (χ1n) is 9.07. The maximum absolute atomic E-state index is 12.7. The number of fused-ring (bicyclic) bond motifs is 1. The molecule has 1 aromatic heterocycles. The highest BCUT2D eigenvalue weighted by molar-refractivity contribution is 7.16. The molecule has 3 rings (SSSR count). The lowest BCUT2D eigenvalue weighted by Gasteiger charge is -2.09. The Bertz CT molecular complexity index is 1150. The van der Waals surface area contributed by atoms with E-state index in [1.165, 1.54) is 11.3 Å². The summed E-state index contributed by atoms with van der Waals surface area (Å²) in [6.45, 7) is 4.25. The summed E-state index contributed by atoms with van der Waals surface area (Å²) in [5, 5.41) is 8.90. The van der Waals surface area contributed by atoms with E-state index in [9.17, 15) is 9.59 Å². The molecular weight excluding hydrogens is 390 g/mol. The van der Waals surface area contributed by atoms with Crippen LogP contribution in [0.15, 0.2) is 47.5 Å². The van der Waals surface area contributed by atoms with Crippen LogP contribution in [0.2, 0.25) is 0 Å². The van der Waals surface area contributed by atoms with Gasteiger partial charge in [-0.2, -0.15) is 10.3 Å². The van der Waals surface area contributed by atoms with Crippen LogP contribution in [0, 0.1) is 11.3 Å². The maximum atomic E-state index is 12.7. The van der Waals surface area contributed by atoms with Gasteiger partial charge in [-0.15, -0.1) is 0 Å². The molecule has 1 heterocycles. The molecule has 1 amide bonds. The third kappa shape index (κ3) is 4.52. The highest BCUT2D eigenvalue weighted by Crippen LogP contribution is 2.27. The number of ether oxygens (including phenoxy) is 2. The SMILES string of the molecule is CCOC(=O)Cn1c(=NC(=O)c2ccc(C#N)cc2)sc2cccc(OCC)c21. The number of aromatic nitrogens is 1. The van der Waals surface area contributed by atoms with Gasteiger partial charge in [-0.3, -0.25) is 9.59 Å². The van der Waals surface area contributed by atoms with E-state index in [1.54, 1.807) is 35.8 Å². The van der Waals surface area contributed by atoms with E-state index in [4.69, 9.17) is 14.7 Å². The molecule has 29 heavy (non-hydrogen) atoms. The third-order valence-corrected chi connectivity index (χ3v) is 5.06. The number of carbonyl (C=O) groups is 2. The fourth-order valence-corrected chi connectivity index (χ4v) is 3.82. The summed E-state index contributed by atoms with van der Waals surface area (Å²) in [6.07, 6.45) is 0. The van der Waals surface area contributed by atoms with Gasteiger partial charge in [-0.1, -0.05) is 17.4 Å². The van der Waals surface area contributed by atoms with E-state index >= 15 is 0 Å². The quantitative estimate of drug-likeness (QED) is 0.583. The number of nitriles is 1. The summed E-state index contributed by atoms with van der Waals surface area (Å²) < 4.78 is 13.3. The number of para-hydroxylation sites is 1. The first kappa shape index (κ1) is 20.3. The molecule has 0 unspecified atom stereocenters. The molecule has 148 valence electrons. The van der Waals surface area contributed by atoms with Gasteiger partial charge in [0.1, 0.15) is 17.8 Å². The smallest absolute Gasteiger partial charge is 0.326 e. The largest absolute Gasteiger partial charge is 0.492 e. The molecule has 0 aliphatic carbocycles. The molecule has 7 nitrogen and oxygen atoms in total. The van der Waals surface area contributed by atoms with Gasteiger partial charge in [0, 0.05) is 5.56 Å². The van der Waals surface area contributed by atoms with Crippen LogP contribution in [-0.4, -0.2) is 29.7 Å². The predicted octanol–water partition coefficient (Wildman–Crippen LogP) is 3.28. The average molecular weight is 409 g/mol. The number of hydrogen-bond acceptors (Lipinski definition) is 6. The molecule has 0 atom stereocenters. The van der Waals surface area contributed by atoms with Crippen LogP contribution in [0.4, 0.5) is 0 Å². The normalized spacial score (nSPS) is 11.3. The molecule has 0 radical (unpaired) electrons. The average Bonchev–Trinajstić information content (AvgIpc) is 3.06. The van der Waals surface area contributed by atoms with Crippen molar-refractivity contribution in [1.29, 1.82) is 5.26 Å². The molecule has 0 saturated carbocycles. The van der Waals surface area contributed by atoms with Gasteiger partial charge in [-0.25, -0.2) is 0 Å². The first-order chi connectivity index (χ1) is 14.1. The molecule has 0 aliphatic rings. The first-order valence-corrected chi connectivity index (χ1v) is 9.89. The van der Waals surface area contributed by atoms with Gasteiger partial charge >= 0.3 is 5.97 Å². The Morgan fingerprint density at radius 3 is 2.55 bits per heavy atom. The van der Waals surface area contributed by atoms with Crippen molar-refractivity contribution < 1.29 is 19.1 Å². The zero-order valence-electron chi connectivity index (χ0n) is 16.0. The number of carbonyl (C=O) groups excluding carboxylic acids is 2. The molecule has 3 aromatic rings. The number of amides is 1. The number of thiazole rings is 1. The lowest BCUT2D eigenvalue weighted by atomic mass is 10.1. The number of benzene rings is 2. The molecule has 0 spiro atoms. The van der Waals surface area contributed by atoms with Gasteiger partial charge < -0.3 is 14.0 Å². The Morgan fingerprint density at radius 1 is 1.14 bits per heavy atom. The van der Waals surface area contributed by atoms with Gasteiger partial charge in [0.25, 0.3) is 5.91 Å². The van der Waals surface area contributed by atoms with E-state index in [0.717, 1.165) is 4.70 Å². The lowest BCUT2D eigenvalue weighted by molar-refractivity contribution is -0.143. The highest BCUT2D eigenvalue weighted by Gasteiger charge is 2.16. The van der Waals surface area contributed by atoms with Gasteiger partial charge in [-0.05, 0) is 50.2 Å². The second kappa shape index (κ2) is 9.17. The Kier molecular flexibility index (Phi) is 6.42. The second-order valence-electron chi connectivity index (χ2n) is 5.92. The monoisotopic (exact) mass is 409 g/mol. The third-order valence-electron chi connectivity index (χ3n) is 4.01. The standard InChI is InChI=1S/C21H19N3O4S/c1-3-27-16-6-5-7-17-19(16)24(13-18(25)28-4-2)21(29-17)23-20(26)15-10-8-14(12-22)9-11-15/h5-11H,3-4,13H2,1-2H3. The molecule has 0 saturated heterocycles. The van der Waals surface area contributed by atoms with Crippen LogP contribution in [0.3, 0.4) is 0 Å². The summed E-state index contributed by atoms with van der Waals surface area (Å²) in [5.41, 5.74) is 1.51. The molecule has 2 aromatic carbocycles. The summed E-state index contributed by atoms with van der Waals surface area (Å²) >= 11 is 1.29. The molecular formula is C21H19N3O4S. The summed E-state index contributed by atoms with van der Waals surface area (Å²) in [5.74, 6) is -0.278. The van der Waals surface area contributed by atoms with E-state index in [2.05, 4.69) is 4.99 Å². The van der Waals surface area contributed by atoms with Crippen molar-refractivity contribution in [3.05, 3.63) is 58.4 Å². The van der Waals surface area contributed by atoms with Crippen molar-refractivity contribution >= 4 is 33.4 Å². The fourth-order valence-electron chi connectivity index (χ4n) is 2.78. The zero-order valence-corrected chi connectivity index (χ0v) is 16.9. The van der Waals surface area contributed by atoms with Crippen molar-refractivity contribution in [3.63, 3.8) is 0 Å². The Labute approximate surface area is 171 Å².